The number of nitrogens with one attached hydrogen (secondary N) is 2. The number of benzene rings is 2. The van der Waals surface area contributed by atoms with Crippen LogP contribution in [0.3, 0.4) is 0 Å². The number of fused-ring (bicyclic) bond motifs is 1. The zero-order chi connectivity index (χ0) is 21.9. The number of aromatic nitrogens is 3. The van der Waals surface area contributed by atoms with Crippen molar-refractivity contribution < 1.29 is 18.0 Å². The summed E-state index contributed by atoms with van der Waals surface area (Å²) in [6.45, 7) is 1.71. The highest BCUT2D eigenvalue weighted by Crippen LogP contribution is 2.20. The van der Waals surface area contributed by atoms with Gasteiger partial charge in [-0.15, -0.1) is 5.10 Å². The Morgan fingerprint density at radius 2 is 1.67 bits per heavy atom. The van der Waals surface area contributed by atoms with E-state index in [1.807, 2.05) is 0 Å². The Bertz CT molecular complexity index is 1190. The number of amides is 2. The van der Waals surface area contributed by atoms with Gasteiger partial charge in [0, 0.05) is 38.8 Å². The minimum absolute atomic E-state index is 0.132. The number of carbonyl (C=O) groups is 2. The van der Waals surface area contributed by atoms with E-state index < -0.39 is 10.0 Å². The molecule has 0 unspecified atom stereocenters. The third-order valence-electron chi connectivity index (χ3n) is 4.30. The van der Waals surface area contributed by atoms with Gasteiger partial charge in [-0.1, -0.05) is 5.21 Å². The fourth-order valence-electron chi connectivity index (χ4n) is 2.76. The van der Waals surface area contributed by atoms with Gasteiger partial charge in [-0.2, -0.15) is 0 Å². The Morgan fingerprint density at radius 3 is 2.27 bits per heavy atom. The Hall–Kier alpha value is -3.31. The fraction of sp³-hybridized carbons (Fsp3) is 0.263. The Balaban J connectivity index is 1.64. The average molecular weight is 430 g/mol. The normalized spacial score (nSPS) is 11.6. The summed E-state index contributed by atoms with van der Waals surface area (Å²) < 4.78 is 27.2. The van der Waals surface area contributed by atoms with Crippen LogP contribution in [-0.4, -0.2) is 53.6 Å². The molecule has 0 bridgehead atoms. The number of sulfonamides is 1. The minimum atomic E-state index is -3.56. The van der Waals surface area contributed by atoms with Crippen molar-refractivity contribution in [3.63, 3.8) is 0 Å². The third-order valence-corrected chi connectivity index (χ3v) is 6.11. The molecule has 2 aromatic carbocycles. The average Bonchev–Trinajstić information content (AvgIpc) is 3.09. The zero-order valence-electron chi connectivity index (χ0n) is 16.8. The molecule has 0 saturated heterocycles. The maximum absolute atomic E-state index is 12.2. The molecule has 0 atom stereocenters. The van der Waals surface area contributed by atoms with Crippen LogP contribution in [0.15, 0.2) is 47.4 Å². The number of anilines is 2. The number of rotatable bonds is 7. The van der Waals surface area contributed by atoms with Crippen molar-refractivity contribution in [3.8, 4) is 0 Å². The molecule has 30 heavy (non-hydrogen) atoms. The number of aryl methyl sites for hydroxylation is 1. The summed E-state index contributed by atoms with van der Waals surface area (Å²) in [5.74, 6) is -0.379. The van der Waals surface area contributed by atoms with E-state index in [2.05, 4.69) is 20.9 Å². The van der Waals surface area contributed by atoms with Gasteiger partial charge in [-0.25, -0.2) is 17.4 Å². The summed E-state index contributed by atoms with van der Waals surface area (Å²) in [7, 11) is -0.639. The SMILES string of the molecule is CC(=O)Nc1ccc(NC(=O)CCn2nnc3cc(S(=O)(=O)N(C)C)ccc32)cc1. The first-order valence-corrected chi connectivity index (χ1v) is 10.5. The molecule has 0 saturated carbocycles. The molecule has 10 nitrogen and oxygen atoms in total. The van der Waals surface area contributed by atoms with Crippen LogP contribution in [0, 0.1) is 0 Å². The van der Waals surface area contributed by atoms with Crippen molar-refractivity contribution in [1.82, 2.24) is 19.3 Å². The van der Waals surface area contributed by atoms with Gasteiger partial charge in [0.05, 0.1) is 17.0 Å². The quantitative estimate of drug-likeness (QED) is 0.587. The minimum Gasteiger partial charge on any atom is -0.326 e. The third kappa shape index (κ3) is 4.81. The largest absolute Gasteiger partial charge is 0.326 e. The lowest BCUT2D eigenvalue weighted by Gasteiger charge is -2.11. The number of carbonyl (C=O) groups excluding carboxylic acids is 2. The second-order valence-corrected chi connectivity index (χ2v) is 8.96. The molecule has 0 aliphatic carbocycles. The van der Waals surface area contributed by atoms with Gasteiger partial charge >= 0.3 is 0 Å². The first kappa shape index (κ1) is 21.4. The van der Waals surface area contributed by atoms with Crippen LogP contribution < -0.4 is 10.6 Å². The molecular weight excluding hydrogens is 408 g/mol. The Morgan fingerprint density at radius 1 is 1.03 bits per heavy atom. The molecule has 0 spiro atoms. The monoisotopic (exact) mass is 430 g/mol. The van der Waals surface area contributed by atoms with E-state index in [0.29, 0.717) is 22.4 Å². The molecule has 0 aliphatic rings. The van der Waals surface area contributed by atoms with Crippen LogP contribution in [0.1, 0.15) is 13.3 Å². The lowest BCUT2D eigenvalue weighted by molar-refractivity contribution is -0.116. The summed E-state index contributed by atoms with van der Waals surface area (Å²) in [4.78, 5) is 23.4. The van der Waals surface area contributed by atoms with Crippen LogP contribution in [0.4, 0.5) is 11.4 Å². The summed E-state index contributed by atoms with van der Waals surface area (Å²) in [6.07, 6.45) is 0.156. The van der Waals surface area contributed by atoms with Crippen LogP contribution in [0.5, 0.6) is 0 Å². The first-order chi connectivity index (χ1) is 14.2. The molecule has 1 aromatic heterocycles. The zero-order valence-corrected chi connectivity index (χ0v) is 17.6. The highest BCUT2D eigenvalue weighted by molar-refractivity contribution is 7.89. The van der Waals surface area contributed by atoms with Crippen LogP contribution in [0.25, 0.3) is 11.0 Å². The maximum atomic E-state index is 12.2. The van der Waals surface area contributed by atoms with Gasteiger partial charge < -0.3 is 10.6 Å². The fourth-order valence-corrected chi connectivity index (χ4v) is 3.68. The molecule has 2 amide bonds. The van der Waals surface area contributed by atoms with Crippen molar-refractivity contribution >= 4 is 44.2 Å². The Labute approximate surface area is 173 Å². The van der Waals surface area contributed by atoms with Crippen LogP contribution in [-0.2, 0) is 26.2 Å². The number of hydrogen-bond donors (Lipinski definition) is 2. The second kappa shape index (κ2) is 8.59. The maximum Gasteiger partial charge on any atom is 0.242 e. The molecular formula is C19H22N6O4S. The summed E-state index contributed by atoms with van der Waals surface area (Å²) in [5.41, 5.74) is 2.33. The van der Waals surface area contributed by atoms with Crippen molar-refractivity contribution in [2.75, 3.05) is 24.7 Å². The Kier molecular flexibility index (Phi) is 6.13. The molecule has 1 heterocycles. The van der Waals surface area contributed by atoms with Gasteiger partial charge in [-0.3, -0.25) is 9.59 Å². The second-order valence-electron chi connectivity index (χ2n) is 6.81. The van der Waals surface area contributed by atoms with Crippen molar-refractivity contribution in [3.05, 3.63) is 42.5 Å². The topological polar surface area (TPSA) is 126 Å². The van der Waals surface area contributed by atoms with Crippen LogP contribution in [0.2, 0.25) is 0 Å². The van der Waals surface area contributed by atoms with Crippen molar-refractivity contribution in [2.45, 2.75) is 24.8 Å². The molecule has 0 aliphatic heterocycles. The summed E-state index contributed by atoms with van der Waals surface area (Å²) >= 11 is 0. The van der Waals surface area contributed by atoms with Gasteiger partial charge in [0.1, 0.15) is 5.52 Å². The highest BCUT2D eigenvalue weighted by atomic mass is 32.2. The first-order valence-electron chi connectivity index (χ1n) is 9.10. The van der Waals surface area contributed by atoms with Gasteiger partial charge in [0.25, 0.3) is 0 Å². The summed E-state index contributed by atoms with van der Waals surface area (Å²) in [6, 6.07) is 11.4. The predicted molar refractivity (Wildman–Crippen MR) is 112 cm³/mol. The molecule has 0 radical (unpaired) electrons. The van der Waals surface area contributed by atoms with E-state index in [4.69, 9.17) is 0 Å². The van der Waals surface area contributed by atoms with Gasteiger partial charge in [0.2, 0.25) is 21.8 Å². The van der Waals surface area contributed by atoms with E-state index in [1.54, 1.807) is 35.0 Å². The molecule has 3 aromatic rings. The van der Waals surface area contributed by atoms with E-state index >= 15 is 0 Å². The van der Waals surface area contributed by atoms with Gasteiger partial charge in [0.15, 0.2) is 0 Å². The molecule has 158 valence electrons. The smallest absolute Gasteiger partial charge is 0.242 e. The predicted octanol–water partition coefficient (Wildman–Crippen LogP) is 1.67. The lowest BCUT2D eigenvalue weighted by atomic mass is 10.2. The van der Waals surface area contributed by atoms with Gasteiger partial charge in [-0.05, 0) is 42.5 Å². The van der Waals surface area contributed by atoms with E-state index in [-0.39, 0.29) is 29.7 Å². The number of nitrogens with zero attached hydrogens (tertiary/aromatic N) is 4. The molecule has 0 fully saturated rings. The standard InChI is InChI=1S/C19H22N6O4S/c1-13(26)20-14-4-6-15(7-5-14)21-19(27)10-11-25-18-9-8-16(12-17(18)22-23-25)30(28,29)24(2)3/h4-9,12H,10-11H2,1-3H3,(H,20,26)(H,21,27). The molecule has 11 heteroatoms. The summed E-state index contributed by atoms with van der Waals surface area (Å²) in [5, 5.41) is 13.5. The highest BCUT2D eigenvalue weighted by Gasteiger charge is 2.19. The van der Waals surface area contributed by atoms with Crippen LogP contribution >= 0.6 is 0 Å². The number of hydrogen-bond acceptors (Lipinski definition) is 6. The van der Waals surface area contributed by atoms with E-state index in [1.165, 1.54) is 33.2 Å². The van der Waals surface area contributed by atoms with E-state index in [9.17, 15) is 18.0 Å². The lowest BCUT2D eigenvalue weighted by Crippen LogP contribution is -2.22. The molecule has 2 N–H and O–H groups in total. The van der Waals surface area contributed by atoms with Crippen molar-refractivity contribution in [1.29, 1.82) is 0 Å². The molecule has 3 rings (SSSR count). The van der Waals surface area contributed by atoms with E-state index in [0.717, 1.165) is 4.31 Å². The van der Waals surface area contributed by atoms with Crippen molar-refractivity contribution in [2.24, 2.45) is 0 Å².